The minimum absolute atomic E-state index is 0.0491. The average Bonchev–Trinajstić information content (AvgIpc) is 3.39. The van der Waals surface area contributed by atoms with Crippen molar-refractivity contribution in [2.45, 2.75) is 84.0 Å². The Kier molecular flexibility index (Phi) is 6.99. The third-order valence-electron chi connectivity index (χ3n) is 6.65. The number of hydrogen-bond donors (Lipinski definition) is 3. The maximum atomic E-state index is 13.5. The molecule has 3 N–H and O–H groups in total. The zero-order chi connectivity index (χ0) is 23.7. The van der Waals surface area contributed by atoms with Crippen molar-refractivity contribution in [3.8, 4) is 10.4 Å². The molecule has 2 aliphatic rings. The fraction of sp³-hybridized carbons (Fsp3) is 0.583. The Morgan fingerprint density at radius 3 is 2.73 bits per heavy atom. The van der Waals surface area contributed by atoms with Crippen LogP contribution in [0.3, 0.4) is 0 Å². The number of thiazole rings is 1. The van der Waals surface area contributed by atoms with Crippen molar-refractivity contribution in [2.75, 3.05) is 11.9 Å². The van der Waals surface area contributed by atoms with Crippen LogP contribution in [0.5, 0.6) is 0 Å². The number of rotatable bonds is 7. The van der Waals surface area contributed by atoms with E-state index in [9.17, 15) is 14.7 Å². The first-order chi connectivity index (χ1) is 15.8. The number of hydrogen-bond acceptors (Lipinski definition) is 7. The number of aryl methyl sites for hydroxylation is 1. The number of aliphatic hydroxyl groups excluding tert-OH is 1. The van der Waals surface area contributed by atoms with Gasteiger partial charge < -0.3 is 20.6 Å². The van der Waals surface area contributed by atoms with Gasteiger partial charge in [0.15, 0.2) is 5.01 Å². The summed E-state index contributed by atoms with van der Waals surface area (Å²) in [6, 6.07) is 2.39. The fourth-order valence-electron chi connectivity index (χ4n) is 4.30. The molecular weight excluding hydrogens is 438 g/mol. The molecule has 3 heterocycles. The Bertz CT molecular complexity index is 1030. The lowest BCUT2D eigenvalue weighted by molar-refractivity contribution is 0.0562. The van der Waals surface area contributed by atoms with E-state index in [2.05, 4.69) is 41.4 Å². The van der Waals surface area contributed by atoms with Gasteiger partial charge >= 0.3 is 0 Å². The second kappa shape index (κ2) is 9.77. The number of carbonyl (C=O) groups excluding carboxylic acids is 2. The molecule has 33 heavy (non-hydrogen) atoms. The van der Waals surface area contributed by atoms with Gasteiger partial charge in [-0.3, -0.25) is 9.59 Å². The molecule has 0 spiro atoms. The third kappa shape index (κ3) is 5.04. The highest BCUT2D eigenvalue weighted by Gasteiger charge is 2.33. The van der Waals surface area contributed by atoms with E-state index in [4.69, 9.17) is 0 Å². The molecule has 0 aromatic carbocycles. The van der Waals surface area contributed by atoms with Crippen LogP contribution in [-0.2, 0) is 0 Å². The number of pyridine rings is 1. The van der Waals surface area contributed by atoms with E-state index in [0.717, 1.165) is 36.2 Å². The van der Waals surface area contributed by atoms with Crippen molar-refractivity contribution in [2.24, 2.45) is 0 Å². The summed E-state index contributed by atoms with van der Waals surface area (Å²) >= 11 is 1.23. The second-order valence-corrected chi connectivity index (χ2v) is 10.3. The van der Waals surface area contributed by atoms with Gasteiger partial charge in [-0.1, -0.05) is 6.92 Å². The summed E-state index contributed by atoms with van der Waals surface area (Å²) in [6.07, 6.45) is 5.44. The van der Waals surface area contributed by atoms with Gasteiger partial charge in [0, 0.05) is 36.4 Å². The van der Waals surface area contributed by atoms with Gasteiger partial charge in [-0.05, 0) is 64.5 Å². The number of nitrogens with zero attached hydrogens (tertiary/aromatic N) is 3. The van der Waals surface area contributed by atoms with E-state index in [1.807, 2.05) is 17.9 Å². The van der Waals surface area contributed by atoms with Crippen molar-refractivity contribution < 1.29 is 14.7 Å². The Morgan fingerprint density at radius 2 is 2.12 bits per heavy atom. The van der Waals surface area contributed by atoms with Crippen molar-refractivity contribution in [3.05, 3.63) is 28.5 Å². The molecule has 1 saturated heterocycles. The van der Waals surface area contributed by atoms with Crippen LogP contribution < -0.4 is 10.6 Å². The normalized spacial score (nSPS) is 23.2. The van der Waals surface area contributed by atoms with Crippen LogP contribution in [0.15, 0.2) is 12.3 Å². The highest BCUT2D eigenvalue weighted by molar-refractivity contribution is 7.17. The molecule has 178 valence electrons. The summed E-state index contributed by atoms with van der Waals surface area (Å²) in [5.74, 6) is 0.357. The third-order valence-corrected chi connectivity index (χ3v) is 7.74. The lowest BCUT2D eigenvalue weighted by Gasteiger charge is -2.31. The Morgan fingerprint density at radius 1 is 1.36 bits per heavy atom. The summed E-state index contributed by atoms with van der Waals surface area (Å²) in [4.78, 5) is 37.9. The molecule has 2 aromatic rings. The van der Waals surface area contributed by atoms with Gasteiger partial charge in [0.2, 0.25) is 0 Å². The number of amides is 2. The van der Waals surface area contributed by atoms with Gasteiger partial charge in [0.05, 0.1) is 11.0 Å². The monoisotopic (exact) mass is 471 g/mol. The molecule has 0 radical (unpaired) electrons. The summed E-state index contributed by atoms with van der Waals surface area (Å²) in [5.41, 5.74) is 2.10. The molecule has 4 rings (SSSR count). The molecule has 2 aromatic heterocycles. The SMILES string of the molecule is CC[C@@H](C)Nc1cc(C)c(-c2sc(C(=O)NC3CC(O)C3)nc2C(=O)N2CCC[C@@H]2C)cn1. The van der Waals surface area contributed by atoms with Crippen molar-refractivity contribution in [1.82, 2.24) is 20.2 Å². The topological polar surface area (TPSA) is 107 Å². The zero-order valence-electron chi connectivity index (χ0n) is 19.7. The van der Waals surface area contributed by atoms with E-state index < -0.39 is 0 Å². The first-order valence-corrected chi connectivity index (χ1v) is 12.6. The number of carbonyl (C=O) groups is 2. The van der Waals surface area contributed by atoms with E-state index in [1.54, 1.807) is 6.20 Å². The van der Waals surface area contributed by atoms with Crippen LogP contribution in [0.2, 0.25) is 0 Å². The number of anilines is 1. The highest BCUT2D eigenvalue weighted by Crippen LogP contribution is 2.35. The molecule has 0 unspecified atom stereocenters. The van der Waals surface area contributed by atoms with E-state index >= 15 is 0 Å². The molecular formula is C24H33N5O3S. The summed E-state index contributed by atoms with van der Waals surface area (Å²) in [7, 11) is 0. The van der Waals surface area contributed by atoms with Crippen LogP contribution in [0, 0.1) is 6.92 Å². The number of aromatic nitrogens is 2. The predicted octanol–water partition coefficient (Wildman–Crippen LogP) is 3.60. The maximum absolute atomic E-state index is 13.5. The first kappa shape index (κ1) is 23.6. The summed E-state index contributed by atoms with van der Waals surface area (Å²) in [5, 5.41) is 16.1. The van der Waals surface area contributed by atoms with Gasteiger partial charge in [0.1, 0.15) is 11.5 Å². The smallest absolute Gasteiger partial charge is 0.280 e. The molecule has 0 bridgehead atoms. The first-order valence-electron chi connectivity index (χ1n) is 11.8. The van der Waals surface area contributed by atoms with Crippen molar-refractivity contribution >= 4 is 29.0 Å². The average molecular weight is 472 g/mol. The number of aliphatic hydroxyl groups is 1. The number of likely N-dealkylation sites (tertiary alicyclic amines) is 1. The molecule has 1 saturated carbocycles. The van der Waals surface area contributed by atoms with Crippen LogP contribution in [-0.4, -0.2) is 62.6 Å². The molecule has 1 aliphatic heterocycles. The number of nitrogens with one attached hydrogen (secondary N) is 2. The predicted molar refractivity (Wildman–Crippen MR) is 130 cm³/mol. The molecule has 2 atom stereocenters. The Hall–Kier alpha value is -2.52. The van der Waals surface area contributed by atoms with Crippen molar-refractivity contribution in [3.63, 3.8) is 0 Å². The zero-order valence-corrected chi connectivity index (χ0v) is 20.5. The lowest BCUT2D eigenvalue weighted by Crippen LogP contribution is -2.46. The summed E-state index contributed by atoms with van der Waals surface area (Å²) in [6.45, 7) is 8.96. The largest absolute Gasteiger partial charge is 0.393 e. The maximum Gasteiger partial charge on any atom is 0.280 e. The van der Waals surface area contributed by atoms with Crippen LogP contribution in [0.1, 0.15) is 78.7 Å². The van der Waals surface area contributed by atoms with Crippen molar-refractivity contribution in [1.29, 1.82) is 0 Å². The van der Waals surface area contributed by atoms with Crippen LogP contribution in [0.25, 0.3) is 10.4 Å². The summed E-state index contributed by atoms with van der Waals surface area (Å²) < 4.78 is 0. The van der Waals surface area contributed by atoms with Crippen LogP contribution >= 0.6 is 11.3 Å². The highest BCUT2D eigenvalue weighted by atomic mass is 32.1. The minimum Gasteiger partial charge on any atom is -0.393 e. The van der Waals surface area contributed by atoms with Gasteiger partial charge in [-0.25, -0.2) is 9.97 Å². The molecule has 9 heteroatoms. The van der Waals surface area contributed by atoms with E-state index in [-0.39, 0.29) is 35.0 Å². The van der Waals surface area contributed by atoms with E-state index in [0.29, 0.717) is 36.0 Å². The van der Waals surface area contributed by atoms with E-state index in [1.165, 1.54) is 11.3 Å². The van der Waals surface area contributed by atoms with Gasteiger partial charge in [-0.2, -0.15) is 0 Å². The molecule has 2 fully saturated rings. The molecule has 8 nitrogen and oxygen atoms in total. The van der Waals surface area contributed by atoms with Gasteiger partial charge in [0.25, 0.3) is 11.8 Å². The second-order valence-electron chi connectivity index (χ2n) is 9.32. The Balaban J connectivity index is 1.67. The van der Waals surface area contributed by atoms with Gasteiger partial charge in [-0.15, -0.1) is 11.3 Å². The quantitative estimate of drug-likeness (QED) is 0.570. The Labute approximate surface area is 198 Å². The fourth-order valence-corrected chi connectivity index (χ4v) is 5.33. The standard InChI is InChI=1S/C24H33N5O3S/c1-5-14(3)26-19-9-13(2)18(12-25-19)21-20(24(32)29-8-6-7-15(29)4)28-23(33-21)22(31)27-16-10-17(30)11-16/h9,12,14-17,30H,5-8,10-11H2,1-4H3,(H,25,26)(H,27,31)/t14-,15+,16?,17?/m1/s1. The molecule has 2 amide bonds. The molecule has 1 aliphatic carbocycles. The van der Waals surface area contributed by atoms with Crippen LogP contribution in [0.4, 0.5) is 5.82 Å². The lowest BCUT2D eigenvalue weighted by atomic mass is 9.89. The minimum atomic E-state index is -0.354.